The van der Waals surface area contributed by atoms with E-state index in [0.29, 0.717) is 17.9 Å². The smallest absolute Gasteiger partial charge is 0.241 e. The Labute approximate surface area is 171 Å². The van der Waals surface area contributed by atoms with Gasteiger partial charge in [-0.2, -0.15) is 0 Å². The number of methoxy groups -OCH3 is 1. The molecule has 1 aromatic carbocycles. The van der Waals surface area contributed by atoms with Crippen LogP contribution in [-0.2, 0) is 0 Å². The molecule has 6 nitrogen and oxygen atoms in total. The van der Waals surface area contributed by atoms with Crippen molar-refractivity contribution in [1.29, 1.82) is 0 Å². The minimum atomic E-state index is -0.174. The molecule has 1 fully saturated rings. The Morgan fingerprint density at radius 3 is 2.76 bits per heavy atom. The van der Waals surface area contributed by atoms with Gasteiger partial charge in [0.1, 0.15) is 5.75 Å². The lowest BCUT2D eigenvalue weighted by atomic mass is 9.85. The molecule has 2 heterocycles. The van der Waals surface area contributed by atoms with Crippen molar-refractivity contribution in [2.24, 2.45) is 0 Å². The van der Waals surface area contributed by atoms with Crippen LogP contribution in [-0.4, -0.2) is 39.0 Å². The molecular formula is C23H30N4O2. The number of nitrogens with zero attached hydrogens (tertiary/aromatic N) is 3. The molecule has 0 amide bonds. The maximum Gasteiger partial charge on any atom is 0.241 e. The molecule has 3 aromatic rings. The van der Waals surface area contributed by atoms with E-state index in [1.807, 2.05) is 18.3 Å². The quantitative estimate of drug-likeness (QED) is 0.638. The van der Waals surface area contributed by atoms with Crippen LogP contribution in [0, 0.1) is 0 Å². The number of fused-ring (bicyclic) bond motifs is 1. The first-order chi connectivity index (χ1) is 14.1. The number of rotatable bonds is 6. The molecule has 0 spiro atoms. The summed E-state index contributed by atoms with van der Waals surface area (Å²) in [4.78, 5) is 4.58. The summed E-state index contributed by atoms with van der Waals surface area (Å²) in [6, 6.07) is 10.7. The second kappa shape index (κ2) is 8.41. The van der Waals surface area contributed by atoms with E-state index in [-0.39, 0.29) is 6.10 Å². The summed E-state index contributed by atoms with van der Waals surface area (Å²) in [5, 5.41) is 18.2. The Hall–Kier alpha value is -2.60. The number of aliphatic hydroxyl groups excluding tert-OH is 1. The number of aliphatic hydroxyl groups is 1. The van der Waals surface area contributed by atoms with Crippen LogP contribution in [0.1, 0.15) is 57.6 Å². The monoisotopic (exact) mass is 394 g/mol. The molecule has 0 bridgehead atoms. The Balaban J connectivity index is 1.81. The van der Waals surface area contributed by atoms with E-state index in [0.717, 1.165) is 54.5 Å². The SMILES string of the molecule is CC[C@H](C)Nc1ncc2c(-c3cccc(OC)c3)cc(C3CCC(O)CC3)n2n1. The van der Waals surface area contributed by atoms with Gasteiger partial charge in [0.25, 0.3) is 0 Å². The first-order valence-corrected chi connectivity index (χ1v) is 10.6. The predicted molar refractivity (Wildman–Crippen MR) is 116 cm³/mol. The molecule has 2 aromatic heterocycles. The molecule has 0 unspecified atom stereocenters. The van der Waals surface area contributed by atoms with Gasteiger partial charge in [0.2, 0.25) is 5.95 Å². The summed E-state index contributed by atoms with van der Waals surface area (Å²) < 4.78 is 7.47. The fourth-order valence-electron chi connectivity index (χ4n) is 4.09. The third-order valence-electron chi connectivity index (χ3n) is 6.03. The Bertz CT molecular complexity index is 976. The van der Waals surface area contributed by atoms with Gasteiger partial charge < -0.3 is 15.2 Å². The first kappa shape index (κ1) is 19.7. The Morgan fingerprint density at radius 1 is 1.24 bits per heavy atom. The van der Waals surface area contributed by atoms with Crippen molar-refractivity contribution in [3.8, 4) is 16.9 Å². The second-order valence-electron chi connectivity index (χ2n) is 8.05. The predicted octanol–water partition coefficient (Wildman–Crippen LogP) is 4.63. The highest BCUT2D eigenvalue weighted by molar-refractivity contribution is 5.82. The summed E-state index contributed by atoms with van der Waals surface area (Å²) in [5.41, 5.74) is 4.39. The van der Waals surface area contributed by atoms with E-state index < -0.39 is 0 Å². The molecule has 1 aliphatic rings. The zero-order chi connectivity index (χ0) is 20.4. The van der Waals surface area contributed by atoms with Crippen molar-refractivity contribution < 1.29 is 9.84 Å². The van der Waals surface area contributed by atoms with Crippen LogP contribution in [0.15, 0.2) is 36.5 Å². The van der Waals surface area contributed by atoms with Gasteiger partial charge in [-0.15, -0.1) is 5.10 Å². The van der Waals surface area contributed by atoms with Crippen LogP contribution >= 0.6 is 0 Å². The topological polar surface area (TPSA) is 71.7 Å². The lowest BCUT2D eigenvalue weighted by Crippen LogP contribution is -2.19. The van der Waals surface area contributed by atoms with Crippen LogP contribution in [0.4, 0.5) is 5.95 Å². The summed E-state index contributed by atoms with van der Waals surface area (Å²) in [6.07, 6.45) is 6.38. The highest BCUT2D eigenvalue weighted by atomic mass is 16.5. The van der Waals surface area contributed by atoms with Gasteiger partial charge >= 0.3 is 0 Å². The third kappa shape index (κ3) is 4.08. The second-order valence-corrected chi connectivity index (χ2v) is 8.05. The number of aromatic nitrogens is 3. The number of hydrogen-bond donors (Lipinski definition) is 2. The lowest BCUT2D eigenvalue weighted by molar-refractivity contribution is 0.121. The van der Waals surface area contributed by atoms with E-state index in [2.05, 4.69) is 46.9 Å². The van der Waals surface area contributed by atoms with Gasteiger partial charge in [0, 0.05) is 23.2 Å². The fourth-order valence-corrected chi connectivity index (χ4v) is 4.09. The van der Waals surface area contributed by atoms with Crippen LogP contribution in [0.2, 0.25) is 0 Å². The molecule has 2 N–H and O–H groups in total. The maximum atomic E-state index is 9.94. The van der Waals surface area contributed by atoms with Crippen LogP contribution in [0.3, 0.4) is 0 Å². The summed E-state index contributed by atoms with van der Waals surface area (Å²) in [6.45, 7) is 4.28. The highest BCUT2D eigenvalue weighted by Gasteiger charge is 2.25. The number of anilines is 1. The summed E-state index contributed by atoms with van der Waals surface area (Å²) in [7, 11) is 1.69. The molecule has 0 radical (unpaired) electrons. The van der Waals surface area contributed by atoms with Crippen molar-refractivity contribution >= 4 is 11.5 Å². The van der Waals surface area contributed by atoms with Crippen molar-refractivity contribution in [2.45, 2.75) is 64.0 Å². The number of benzene rings is 1. The van der Waals surface area contributed by atoms with E-state index in [1.165, 1.54) is 5.69 Å². The van der Waals surface area contributed by atoms with Crippen molar-refractivity contribution in [2.75, 3.05) is 12.4 Å². The maximum absolute atomic E-state index is 9.94. The van der Waals surface area contributed by atoms with Crippen molar-refractivity contribution in [1.82, 2.24) is 14.6 Å². The van der Waals surface area contributed by atoms with E-state index in [1.54, 1.807) is 7.11 Å². The van der Waals surface area contributed by atoms with Gasteiger partial charge in [-0.1, -0.05) is 19.1 Å². The standard InChI is InChI=1S/C23H30N4O2/c1-4-15(2)25-23-24-14-22-20(17-6-5-7-19(12-17)29-3)13-21(27(22)26-23)16-8-10-18(28)11-9-16/h5-7,12-16,18,28H,4,8-11H2,1-3H3,(H,25,26)/t15-,16?,18?/m0/s1. The minimum absolute atomic E-state index is 0.174. The molecule has 0 aliphatic heterocycles. The van der Waals surface area contributed by atoms with Crippen LogP contribution < -0.4 is 10.1 Å². The number of nitrogens with one attached hydrogen (secondary N) is 1. The normalized spacial score (nSPS) is 20.6. The van der Waals surface area contributed by atoms with Crippen molar-refractivity contribution in [3.05, 3.63) is 42.2 Å². The largest absolute Gasteiger partial charge is 0.497 e. The van der Waals surface area contributed by atoms with Gasteiger partial charge in [-0.25, -0.2) is 9.50 Å². The van der Waals surface area contributed by atoms with E-state index in [4.69, 9.17) is 9.84 Å². The summed E-state index contributed by atoms with van der Waals surface area (Å²) in [5.74, 6) is 1.87. The van der Waals surface area contributed by atoms with Gasteiger partial charge in [0.05, 0.1) is 24.9 Å². The summed E-state index contributed by atoms with van der Waals surface area (Å²) >= 11 is 0. The molecule has 29 heavy (non-hydrogen) atoms. The lowest BCUT2D eigenvalue weighted by Gasteiger charge is -2.25. The molecule has 154 valence electrons. The zero-order valence-corrected chi connectivity index (χ0v) is 17.4. The van der Waals surface area contributed by atoms with Crippen LogP contribution in [0.5, 0.6) is 5.75 Å². The first-order valence-electron chi connectivity index (χ1n) is 10.6. The average molecular weight is 395 g/mol. The Morgan fingerprint density at radius 2 is 2.03 bits per heavy atom. The number of ether oxygens (including phenoxy) is 1. The van der Waals surface area contributed by atoms with Gasteiger partial charge in [-0.05, 0) is 62.8 Å². The molecule has 0 saturated heterocycles. The third-order valence-corrected chi connectivity index (χ3v) is 6.03. The molecule has 1 atom stereocenters. The molecule has 4 rings (SSSR count). The zero-order valence-electron chi connectivity index (χ0n) is 17.4. The molecule has 1 saturated carbocycles. The van der Waals surface area contributed by atoms with Gasteiger partial charge in [-0.3, -0.25) is 0 Å². The Kier molecular flexibility index (Phi) is 5.72. The average Bonchev–Trinajstić information content (AvgIpc) is 3.13. The van der Waals surface area contributed by atoms with Crippen LogP contribution in [0.25, 0.3) is 16.6 Å². The number of hydrogen-bond acceptors (Lipinski definition) is 5. The minimum Gasteiger partial charge on any atom is -0.497 e. The van der Waals surface area contributed by atoms with Gasteiger partial charge in [0.15, 0.2) is 0 Å². The molecule has 1 aliphatic carbocycles. The fraction of sp³-hybridized carbons (Fsp3) is 0.478. The van der Waals surface area contributed by atoms with E-state index >= 15 is 0 Å². The van der Waals surface area contributed by atoms with Crippen molar-refractivity contribution in [3.63, 3.8) is 0 Å². The van der Waals surface area contributed by atoms with E-state index in [9.17, 15) is 5.11 Å². The molecular weight excluding hydrogens is 364 g/mol. The highest BCUT2D eigenvalue weighted by Crippen LogP contribution is 2.38. The molecule has 6 heteroatoms.